The molecular formula is C6H14BS. The predicted molar refractivity (Wildman–Crippen MR) is 43.6 cm³/mol. The van der Waals surface area contributed by atoms with E-state index in [4.69, 9.17) is 0 Å². The maximum absolute atomic E-state index is 2.26. The van der Waals surface area contributed by atoms with Crippen molar-refractivity contribution in [3.05, 3.63) is 0 Å². The Balaban J connectivity index is 0. The first-order valence-electron chi connectivity index (χ1n) is 2.76. The van der Waals surface area contributed by atoms with Crippen LogP contribution in [-0.2, 0) is 0 Å². The van der Waals surface area contributed by atoms with Gasteiger partial charge in [0.05, 0.1) is 0 Å². The van der Waals surface area contributed by atoms with E-state index >= 15 is 0 Å². The molecule has 0 rings (SSSR count). The van der Waals surface area contributed by atoms with Crippen LogP contribution in [0.4, 0.5) is 0 Å². The van der Waals surface area contributed by atoms with Gasteiger partial charge in [-0.2, -0.15) is 11.8 Å². The molecule has 0 saturated heterocycles. The van der Waals surface area contributed by atoms with E-state index in [1.807, 2.05) is 11.8 Å². The molecule has 0 aliphatic rings. The van der Waals surface area contributed by atoms with Gasteiger partial charge in [0.25, 0.3) is 0 Å². The van der Waals surface area contributed by atoms with Crippen molar-refractivity contribution in [1.82, 2.24) is 0 Å². The molecule has 0 spiro atoms. The number of rotatable bonds is 3. The average Bonchev–Trinajstić information content (AvgIpc) is 1.61. The van der Waals surface area contributed by atoms with Crippen molar-refractivity contribution in [2.24, 2.45) is 5.92 Å². The van der Waals surface area contributed by atoms with Crippen LogP contribution in [0.1, 0.15) is 20.3 Å². The van der Waals surface area contributed by atoms with Gasteiger partial charge in [-0.15, -0.1) is 0 Å². The van der Waals surface area contributed by atoms with Crippen molar-refractivity contribution in [3.63, 3.8) is 0 Å². The van der Waals surface area contributed by atoms with Crippen LogP contribution in [0, 0.1) is 5.92 Å². The Kier molecular flexibility index (Phi) is 10.4. The fourth-order valence-electron chi connectivity index (χ4n) is 0.354. The molecular weight excluding hydrogens is 115 g/mol. The van der Waals surface area contributed by atoms with E-state index in [9.17, 15) is 0 Å². The van der Waals surface area contributed by atoms with E-state index in [1.165, 1.54) is 12.2 Å². The summed E-state index contributed by atoms with van der Waals surface area (Å²) < 4.78 is 0. The zero-order valence-electron chi connectivity index (χ0n) is 5.98. The van der Waals surface area contributed by atoms with Crippen LogP contribution in [0.25, 0.3) is 0 Å². The largest absolute Gasteiger partial charge is 0.165 e. The van der Waals surface area contributed by atoms with Crippen molar-refractivity contribution in [1.29, 1.82) is 0 Å². The second-order valence-corrected chi connectivity index (χ2v) is 3.16. The van der Waals surface area contributed by atoms with Gasteiger partial charge in [-0.05, 0) is 24.3 Å². The Labute approximate surface area is 59.0 Å². The Morgan fingerprint density at radius 1 is 1.38 bits per heavy atom. The minimum atomic E-state index is 0. The molecule has 8 heavy (non-hydrogen) atoms. The molecule has 0 aliphatic heterocycles. The zero-order valence-corrected chi connectivity index (χ0v) is 6.79. The molecule has 0 N–H and O–H groups in total. The van der Waals surface area contributed by atoms with Gasteiger partial charge in [0, 0.05) is 8.41 Å². The van der Waals surface area contributed by atoms with Crippen LogP contribution >= 0.6 is 11.8 Å². The molecule has 0 aromatic heterocycles. The normalized spacial score (nSPS) is 9.00. The Hall–Kier alpha value is 0.415. The van der Waals surface area contributed by atoms with Crippen molar-refractivity contribution in [3.8, 4) is 0 Å². The lowest BCUT2D eigenvalue weighted by atomic mass is 10.2. The first-order chi connectivity index (χ1) is 3.27. The average molecular weight is 129 g/mol. The fraction of sp³-hybridized carbons (Fsp3) is 1.00. The van der Waals surface area contributed by atoms with Crippen LogP contribution in [-0.4, -0.2) is 20.4 Å². The Bertz CT molecular complexity index is 37.5. The second kappa shape index (κ2) is 7.41. The number of hydrogen-bond acceptors (Lipinski definition) is 1. The van der Waals surface area contributed by atoms with Crippen molar-refractivity contribution < 1.29 is 0 Å². The van der Waals surface area contributed by atoms with Crippen LogP contribution in [0.5, 0.6) is 0 Å². The van der Waals surface area contributed by atoms with Crippen LogP contribution < -0.4 is 0 Å². The van der Waals surface area contributed by atoms with E-state index < -0.39 is 0 Å². The molecule has 0 saturated carbocycles. The monoisotopic (exact) mass is 129 g/mol. The molecule has 2 heteroatoms. The van der Waals surface area contributed by atoms with Crippen molar-refractivity contribution in [2.75, 3.05) is 12.0 Å². The minimum absolute atomic E-state index is 0. The van der Waals surface area contributed by atoms with Crippen LogP contribution in [0.15, 0.2) is 0 Å². The van der Waals surface area contributed by atoms with E-state index in [2.05, 4.69) is 20.1 Å². The van der Waals surface area contributed by atoms with E-state index in [1.54, 1.807) is 0 Å². The van der Waals surface area contributed by atoms with Crippen LogP contribution in [0.3, 0.4) is 0 Å². The van der Waals surface area contributed by atoms with Gasteiger partial charge >= 0.3 is 0 Å². The summed E-state index contributed by atoms with van der Waals surface area (Å²) in [4.78, 5) is 0. The molecule has 0 fully saturated rings. The molecule has 0 nitrogen and oxygen atoms in total. The number of thioether (sulfide) groups is 1. The van der Waals surface area contributed by atoms with E-state index in [0.717, 1.165) is 5.92 Å². The van der Waals surface area contributed by atoms with Gasteiger partial charge in [-0.3, -0.25) is 0 Å². The highest BCUT2D eigenvalue weighted by Crippen LogP contribution is 2.03. The topological polar surface area (TPSA) is 0 Å². The molecule has 0 aromatic carbocycles. The smallest absolute Gasteiger partial charge is 0 e. The second-order valence-electron chi connectivity index (χ2n) is 2.18. The summed E-state index contributed by atoms with van der Waals surface area (Å²) in [7, 11) is 0. The zero-order chi connectivity index (χ0) is 5.70. The highest BCUT2D eigenvalue weighted by atomic mass is 32.2. The maximum atomic E-state index is 2.26. The summed E-state index contributed by atoms with van der Waals surface area (Å²) in [6.45, 7) is 4.52. The summed E-state index contributed by atoms with van der Waals surface area (Å²) in [5.74, 6) is 2.20. The SMILES string of the molecule is CSCCC(C)C.[B]. The van der Waals surface area contributed by atoms with Crippen molar-refractivity contribution >= 4 is 20.2 Å². The summed E-state index contributed by atoms with van der Waals surface area (Å²) >= 11 is 1.93. The molecule has 0 atom stereocenters. The summed E-state index contributed by atoms with van der Waals surface area (Å²) in [6.07, 6.45) is 3.52. The minimum Gasteiger partial charge on any atom is -0.165 e. The molecule has 0 heterocycles. The fourth-order valence-corrected chi connectivity index (χ4v) is 1.06. The predicted octanol–water partition coefficient (Wildman–Crippen LogP) is 2.01. The van der Waals surface area contributed by atoms with Gasteiger partial charge in [0.15, 0.2) is 0 Å². The van der Waals surface area contributed by atoms with Gasteiger partial charge in [-0.25, -0.2) is 0 Å². The molecule has 47 valence electrons. The third kappa shape index (κ3) is 9.65. The third-order valence-corrected chi connectivity index (χ3v) is 1.54. The highest BCUT2D eigenvalue weighted by molar-refractivity contribution is 7.98. The summed E-state index contributed by atoms with van der Waals surface area (Å²) in [5, 5.41) is 0. The van der Waals surface area contributed by atoms with E-state index in [-0.39, 0.29) is 8.41 Å². The van der Waals surface area contributed by atoms with Gasteiger partial charge in [0.2, 0.25) is 0 Å². The molecule has 0 bridgehead atoms. The lowest BCUT2D eigenvalue weighted by Gasteiger charge is -1.98. The van der Waals surface area contributed by atoms with Gasteiger partial charge in [-0.1, -0.05) is 13.8 Å². The van der Waals surface area contributed by atoms with Gasteiger partial charge in [0.1, 0.15) is 0 Å². The summed E-state index contributed by atoms with van der Waals surface area (Å²) in [5.41, 5.74) is 0. The standard InChI is InChI=1S/C6H14S.B/c1-6(2)4-5-7-3;/h6H,4-5H2,1-3H3;. The molecule has 0 amide bonds. The first kappa shape index (κ1) is 11.2. The molecule has 0 unspecified atom stereocenters. The Morgan fingerprint density at radius 2 is 1.88 bits per heavy atom. The molecule has 0 aliphatic carbocycles. The maximum Gasteiger partial charge on any atom is 0 e. The van der Waals surface area contributed by atoms with E-state index in [0.29, 0.717) is 0 Å². The third-order valence-electron chi connectivity index (χ3n) is 0.899. The summed E-state index contributed by atoms with van der Waals surface area (Å²) in [6, 6.07) is 0. The van der Waals surface area contributed by atoms with Gasteiger partial charge < -0.3 is 0 Å². The number of hydrogen-bond donors (Lipinski definition) is 0. The van der Waals surface area contributed by atoms with Crippen molar-refractivity contribution in [2.45, 2.75) is 20.3 Å². The first-order valence-corrected chi connectivity index (χ1v) is 4.15. The quantitative estimate of drug-likeness (QED) is 0.525. The lowest BCUT2D eigenvalue weighted by molar-refractivity contribution is 0.632. The highest BCUT2D eigenvalue weighted by Gasteiger charge is 1.89. The van der Waals surface area contributed by atoms with Crippen LogP contribution in [0.2, 0.25) is 0 Å². The lowest BCUT2D eigenvalue weighted by Crippen LogP contribution is -1.87. The molecule has 0 aromatic rings. The molecule has 3 radical (unpaired) electrons. The Morgan fingerprint density at radius 3 is 2.00 bits per heavy atom.